The standard InChI is InChI=1S/C14H18BrClN2/c1-3-10(4-2)9-18-13-6-5-11(15)7-12(13)17-14(18)8-16/h5-7,10H,3-4,8-9H2,1-2H3. The summed E-state index contributed by atoms with van der Waals surface area (Å²) < 4.78 is 3.33. The Labute approximate surface area is 121 Å². The van der Waals surface area contributed by atoms with E-state index in [1.807, 2.05) is 0 Å². The molecule has 2 rings (SSSR count). The number of hydrogen-bond acceptors (Lipinski definition) is 1. The number of hydrogen-bond donors (Lipinski definition) is 0. The largest absolute Gasteiger partial charge is 0.327 e. The van der Waals surface area contributed by atoms with Gasteiger partial charge in [0.05, 0.1) is 16.9 Å². The van der Waals surface area contributed by atoms with E-state index < -0.39 is 0 Å². The van der Waals surface area contributed by atoms with Gasteiger partial charge in [0.1, 0.15) is 5.82 Å². The van der Waals surface area contributed by atoms with Crippen LogP contribution in [-0.4, -0.2) is 9.55 Å². The van der Waals surface area contributed by atoms with Gasteiger partial charge in [-0.2, -0.15) is 0 Å². The molecule has 1 aromatic heterocycles. The Bertz CT molecular complexity index is 532. The molecule has 2 nitrogen and oxygen atoms in total. The zero-order valence-corrected chi connectivity index (χ0v) is 13.1. The highest BCUT2D eigenvalue weighted by Crippen LogP contribution is 2.24. The first-order valence-electron chi connectivity index (χ1n) is 6.40. The van der Waals surface area contributed by atoms with Gasteiger partial charge in [0.15, 0.2) is 0 Å². The second-order valence-electron chi connectivity index (χ2n) is 4.59. The Kier molecular flexibility index (Phi) is 4.68. The molecule has 0 aliphatic rings. The Morgan fingerprint density at radius 3 is 2.67 bits per heavy atom. The zero-order valence-electron chi connectivity index (χ0n) is 10.8. The van der Waals surface area contributed by atoms with Gasteiger partial charge in [-0.1, -0.05) is 42.6 Å². The van der Waals surface area contributed by atoms with Crippen molar-refractivity contribution in [2.75, 3.05) is 0 Å². The molecule has 0 amide bonds. The Balaban J connectivity index is 2.46. The number of fused-ring (bicyclic) bond motifs is 1. The average Bonchev–Trinajstić information content (AvgIpc) is 2.72. The maximum absolute atomic E-state index is 6.02. The van der Waals surface area contributed by atoms with Crippen molar-refractivity contribution in [1.82, 2.24) is 9.55 Å². The molecule has 0 spiro atoms. The fourth-order valence-electron chi connectivity index (χ4n) is 2.26. The molecule has 1 heterocycles. The number of halogens is 2. The second kappa shape index (κ2) is 6.07. The zero-order chi connectivity index (χ0) is 13.1. The minimum Gasteiger partial charge on any atom is -0.327 e. The average molecular weight is 330 g/mol. The smallest absolute Gasteiger partial charge is 0.124 e. The first kappa shape index (κ1) is 13.9. The lowest BCUT2D eigenvalue weighted by atomic mass is 10.0. The predicted octanol–water partition coefficient (Wildman–Crippen LogP) is 4.97. The molecule has 2 aromatic rings. The first-order valence-corrected chi connectivity index (χ1v) is 7.72. The van der Waals surface area contributed by atoms with Crippen molar-refractivity contribution in [1.29, 1.82) is 0 Å². The van der Waals surface area contributed by atoms with Crippen molar-refractivity contribution in [3.05, 3.63) is 28.5 Å². The molecule has 0 fully saturated rings. The molecule has 0 saturated heterocycles. The Morgan fingerprint density at radius 2 is 2.06 bits per heavy atom. The van der Waals surface area contributed by atoms with Crippen molar-refractivity contribution >= 4 is 38.6 Å². The number of imidazole rings is 1. The quantitative estimate of drug-likeness (QED) is 0.708. The van der Waals surface area contributed by atoms with Crippen molar-refractivity contribution in [2.24, 2.45) is 5.92 Å². The molecule has 0 radical (unpaired) electrons. The molecular weight excluding hydrogens is 312 g/mol. The monoisotopic (exact) mass is 328 g/mol. The highest BCUT2D eigenvalue weighted by molar-refractivity contribution is 9.10. The van der Waals surface area contributed by atoms with Crippen LogP contribution in [-0.2, 0) is 12.4 Å². The van der Waals surface area contributed by atoms with Gasteiger partial charge in [-0.25, -0.2) is 4.98 Å². The summed E-state index contributed by atoms with van der Waals surface area (Å²) in [6, 6.07) is 6.23. The minimum atomic E-state index is 0.465. The van der Waals surface area contributed by atoms with Crippen molar-refractivity contribution < 1.29 is 0 Å². The van der Waals surface area contributed by atoms with Crippen molar-refractivity contribution in [3.8, 4) is 0 Å². The van der Waals surface area contributed by atoms with Crippen LogP contribution in [0.2, 0.25) is 0 Å². The van der Waals surface area contributed by atoms with Gasteiger partial charge in [0.25, 0.3) is 0 Å². The lowest BCUT2D eigenvalue weighted by molar-refractivity contribution is 0.419. The third kappa shape index (κ3) is 2.72. The van der Waals surface area contributed by atoms with Crippen molar-refractivity contribution in [2.45, 2.75) is 39.1 Å². The summed E-state index contributed by atoms with van der Waals surface area (Å²) in [4.78, 5) is 4.61. The Morgan fingerprint density at radius 1 is 1.33 bits per heavy atom. The summed E-state index contributed by atoms with van der Waals surface area (Å²) in [5.74, 6) is 2.12. The van der Waals surface area contributed by atoms with Gasteiger partial charge in [0, 0.05) is 11.0 Å². The SMILES string of the molecule is CCC(CC)Cn1c(CCl)nc2cc(Br)ccc21. The maximum Gasteiger partial charge on any atom is 0.124 e. The Hall–Kier alpha value is -0.540. The van der Waals surface area contributed by atoms with E-state index in [0.717, 1.165) is 22.4 Å². The highest BCUT2D eigenvalue weighted by atomic mass is 79.9. The van der Waals surface area contributed by atoms with Gasteiger partial charge >= 0.3 is 0 Å². The fraction of sp³-hybridized carbons (Fsp3) is 0.500. The molecule has 0 atom stereocenters. The third-order valence-corrected chi connectivity index (χ3v) is 4.24. The van der Waals surface area contributed by atoms with E-state index in [9.17, 15) is 0 Å². The third-order valence-electron chi connectivity index (χ3n) is 3.50. The number of rotatable bonds is 5. The van der Waals surface area contributed by atoms with Gasteiger partial charge in [0.2, 0.25) is 0 Å². The highest BCUT2D eigenvalue weighted by Gasteiger charge is 2.13. The van der Waals surface area contributed by atoms with E-state index in [2.05, 4.69) is 57.5 Å². The summed E-state index contributed by atoms with van der Waals surface area (Å²) in [6.45, 7) is 5.49. The van der Waals surface area contributed by atoms with Gasteiger partial charge in [-0.15, -0.1) is 11.6 Å². The second-order valence-corrected chi connectivity index (χ2v) is 5.77. The van der Waals surface area contributed by atoms with Crippen LogP contribution in [0.25, 0.3) is 11.0 Å². The van der Waals surface area contributed by atoms with Crippen LogP contribution in [0.5, 0.6) is 0 Å². The van der Waals surface area contributed by atoms with Gasteiger partial charge < -0.3 is 4.57 Å². The van der Waals surface area contributed by atoms with Gasteiger partial charge in [-0.3, -0.25) is 0 Å². The minimum absolute atomic E-state index is 0.465. The molecular formula is C14H18BrClN2. The van der Waals surface area contributed by atoms with Crippen LogP contribution in [0.3, 0.4) is 0 Å². The van der Waals surface area contributed by atoms with E-state index in [1.54, 1.807) is 0 Å². The van der Waals surface area contributed by atoms with Crippen LogP contribution in [0.1, 0.15) is 32.5 Å². The van der Waals surface area contributed by atoms with E-state index in [-0.39, 0.29) is 0 Å². The summed E-state index contributed by atoms with van der Waals surface area (Å²) >= 11 is 9.50. The summed E-state index contributed by atoms with van der Waals surface area (Å²) in [5, 5.41) is 0. The lowest BCUT2D eigenvalue weighted by Gasteiger charge is -2.15. The van der Waals surface area contributed by atoms with E-state index in [1.165, 1.54) is 18.4 Å². The van der Waals surface area contributed by atoms with Crippen LogP contribution in [0.15, 0.2) is 22.7 Å². The molecule has 4 heteroatoms. The molecule has 18 heavy (non-hydrogen) atoms. The molecule has 98 valence electrons. The van der Waals surface area contributed by atoms with Crippen LogP contribution < -0.4 is 0 Å². The van der Waals surface area contributed by atoms with Crippen LogP contribution >= 0.6 is 27.5 Å². The topological polar surface area (TPSA) is 17.8 Å². The summed E-state index contributed by atoms with van der Waals surface area (Å²) in [7, 11) is 0. The molecule has 0 bridgehead atoms. The first-order chi connectivity index (χ1) is 8.69. The van der Waals surface area contributed by atoms with E-state index in [0.29, 0.717) is 11.8 Å². The molecule has 0 aliphatic carbocycles. The number of benzene rings is 1. The normalized spacial score (nSPS) is 11.6. The number of nitrogens with zero attached hydrogens (tertiary/aromatic N) is 2. The molecule has 0 aliphatic heterocycles. The molecule has 0 unspecified atom stereocenters. The molecule has 1 aromatic carbocycles. The summed E-state index contributed by atoms with van der Waals surface area (Å²) in [5.41, 5.74) is 2.20. The van der Waals surface area contributed by atoms with E-state index >= 15 is 0 Å². The summed E-state index contributed by atoms with van der Waals surface area (Å²) in [6.07, 6.45) is 2.38. The number of alkyl halides is 1. The van der Waals surface area contributed by atoms with Crippen molar-refractivity contribution in [3.63, 3.8) is 0 Å². The van der Waals surface area contributed by atoms with Gasteiger partial charge in [-0.05, 0) is 24.1 Å². The number of aromatic nitrogens is 2. The van der Waals surface area contributed by atoms with E-state index in [4.69, 9.17) is 11.6 Å². The van der Waals surface area contributed by atoms with Crippen LogP contribution in [0.4, 0.5) is 0 Å². The van der Waals surface area contributed by atoms with Crippen LogP contribution in [0, 0.1) is 5.92 Å². The lowest BCUT2D eigenvalue weighted by Crippen LogP contribution is -2.11. The molecule has 0 saturated carbocycles. The maximum atomic E-state index is 6.02. The predicted molar refractivity (Wildman–Crippen MR) is 81.1 cm³/mol. The molecule has 0 N–H and O–H groups in total. The fourth-order valence-corrected chi connectivity index (χ4v) is 2.82.